The predicted molar refractivity (Wildman–Crippen MR) is 129 cm³/mol. The van der Waals surface area contributed by atoms with Crippen molar-refractivity contribution in [2.24, 2.45) is 5.92 Å². The molecular formula is C22H22ClN5O2S2. The Bertz CT molecular complexity index is 1330. The topological polar surface area (TPSA) is 83.1 Å². The summed E-state index contributed by atoms with van der Waals surface area (Å²) < 4.78 is 9.84. The summed E-state index contributed by atoms with van der Waals surface area (Å²) >= 11 is 9.75. The van der Waals surface area contributed by atoms with Crippen molar-refractivity contribution in [2.75, 3.05) is 25.1 Å². The van der Waals surface area contributed by atoms with Crippen molar-refractivity contribution >= 4 is 72.3 Å². The molecule has 3 aromatic heterocycles. The molecule has 2 atom stereocenters. The predicted octanol–water partition coefficient (Wildman–Crippen LogP) is 4.98. The van der Waals surface area contributed by atoms with E-state index >= 15 is 0 Å². The van der Waals surface area contributed by atoms with Gasteiger partial charge in [-0.2, -0.15) is 0 Å². The summed E-state index contributed by atoms with van der Waals surface area (Å²) in [7, 11) is 0. The van der Waals surface area contributed by atoms with Crippen molar-refractivity contribution in [3.63, 3.8) is 0 Å². The molecule has 0 spiro atoms. The number of nitrogens with one attached hydrogen (secondary N) is 2. The summed E-state index contributed by atoms with van der Waals surface area (Å²) in [6.07, 6.45) is 4.05. The van der Waals surface area contributed by atoms with Gasteiger partial charge < -0.3 is 19.3 Å². The van der Waals surface area contributed by atoms with E-state index in [0.29, 0.717) is 24.8 Å². The Balaban J connectivity index is 1.30. The molecule has 1 aliphatic heterocycles. The molecule has 0 bridgehead atoms. The molecule has 7 nitrogen and oxygen atoms in total. The summed E-state index contributed by atoms with van der Waals surface area (Å²) in [6, 6.07) is 4.12. The van der Waals surface area contributed by atoms with Crippen molar-refractivity contribution in [1.82, 2.24) is 19.2 Å². The molecule has 1 aliphatic carbocycles. The van der Waals surface area contributed by atoms with Gasteiger partial charge in [-0.25, -0.2) is 9.97 Å². The van der Waals surface area contributed by atoms with E-state index in [0.717, 1.165) is 51.2 Å². The largest absolute Gasteiger partial charge is 0.377 e. The molecule has 10 heteroatoms. The Morgan fingerprint density at radius 2 is 2.28 bits per heavy atom. The number of aryl methyl sites for hydroxylation is 1. The fraction of sp³-hybridized carbons (Fsp3) is 0.409. The Morgan fingerprint density at radius 3 is 3.09 bits per heavy atom. The highest BCUT2D eigenvalue weighted by Crippen LogP contribution is 2.42. The fourth-order valence-corrected chi connectivity index (χ4v) is 6.82. The number of morpholine rings is 1. The van der Waals surface area contributed by atoms with Crippen LogP contribution in [0.2, 0.25) is 5.02 Å². The lowest BCUT2D eigenvalue weighted by molar-refractivity contribution is -0.143. The van der Waals surface area contributed by atoms with Crippen LogP contribution in [0.4, 0.5) is 11.5 Å². The zero-order chi connectivity index (χ0) is 21.8. The minimum atomic E-state index is 0.0208. The van der Waals surface area contributed by atoms with E-state index in [-0.39, 0.29) is 17.9 Å². The molecule has 1 fully saturated rings. The lowest BCUT2D eigenvalue weighted by atomic mass is 9.86. The number of H-pyrrole nitrogens is 1. The van der Waals surface area contributed by atoms with Crippen molar-refractivity contribution in [1.29, 1.82) is 0 Å². The molecule has 32 heavy (non-hydrogen) atoms. The smallest absolute Gasteiger partial charge is 0.226 e. The second-order valence-electron chi connectivity index (χ2n) is 8.46. The Morgan fingerprint density at radius 1 is 1.38 bits per heavy atom. The third kappa shape index (κ3) is 3.39. The molecule has 4 heterocycles. The molecule has 2 N–H and O–H groups in total. The van der Waals surface area contributed by atoms with Gasteiger partial charge in [0.05, 0.1) is 45.6 Å². The molecule has 0 radical (unpaired) electrons. The molecule has 1 saturated heterocycles. The Kier molecular flexibility index (Phi) is 5.09. The summed E-state index contributed by atoms with van der Waals surface area (Å²) in [4.78, 5) is 26.5. The van der Waals surface area contributed by atoms with Crippen LogP contribution in [0, 0.1) is 5.92 Å². The van der Waals surface area contributed by atoms with Crippen molar-refractivity contribution < 1.29 is 9.53 Å². The van der Waals surface area contributed by atoms with E-state index in [1.807, 2.05) is 17.0 Å². The number of anilines is 2. The second-order valence-corrected chi connectivity index (χ2v) is 10.8. The standard InChI is InChI=1S/C22H22ClN5O2S2/c1-11-9-30-5-4-28(11)22(29)12-2-3-13-17(6-12)31-21-19(13)20(24-10-25-21)26-15-8-18-16(27-32-18)7-14(15)23/h7-8,10-12,27H,2-6,9H2,1H3,(H,24,25,26)/t11-,12-/m0/s1. The molecule has 1 amide bonds. The van der Waals surface area contributed by atoms with Gasteiger partial charge in [0.2, 0.25) is 5.91 Å². The average Bonchev–Trinajstić information content (AvgIpc) is 3.16. The second kappa shape index (κ2) is 7.98. The lowest BCUT2D eigenvalue weighted by Gasteiger charge is -2.36. The van der Waals surface area contributed by atoms with Gasteiger partial charge in [0.1, 0.15) is 17.0 Å². The number of aromatic nitrogens is 3. The number of ether oxygens (including phenoxy) is 1. The van der Waals surface area contributed by atoms with Crippen molar-refractivity contribution in [3.8, 4) is 0 Å². The molecule has 2 aliphatic rings. The number of halogens is 1. The van der Waals surface area contributed by atoms with Gasteiger partial charge in [-0.05, 0) is 43.9 Å². The van der Waals surface area contributed by atoms with Crippen LogP contribution in [0.3, 0.4) is 0 Å². The van der Waals surface area contributed by atoms with Gasteiger partial charge in [0.25, 0.3) is 0 Å². The molecule has 4 aromatic rings. The highest BCUT2D eigenvalue weighted by molar-refractivity contribution is 7.19. The average molecular weight is 488 g/mol. The number of aromatic amines is 1. The summed E-state index contributed by atoms with van der Waals surface area (Å²) in [5.41, 5.74) is 3.16. The minimum absolute atomic E-state index is 0.0208. The maximum atomic E-state index is 13.2. The number of hydrogen-bond donors (Lipinski definition) is 2. The third-order valence-electron chi connectivity index (χ3n) is 6.44. The highest BCUT2D eigenvalue weighted by atomic mass is 35.5. The number of thiophene rings is 1. The van der Waals surface area contributed by atoms with Crippen LogP contribution in [-0.4, -0.2) is 50.9 Å². The molecule has 0 unspecified atom stereocenters. The van der Waals surface area contributed by atoms with Gasteiger partial charge in [-0.1, -0.05) is 23.1 Å². The van der Waals surface area contributed by atoms with Crippen LogP contribution in [-0.2, 0) is 22.4 Å². The van der Waals surface area contributed by atoms with Gasteiger partial charge in [-0.15, -0.1) is 11.3 Å². The first-order valence-electron chi connectivity index (χ1n) is 10.8. The first-order valence-corrected chi connectivity index (χ1v) is 12.8. The van der Waals surface area contributed by atoms with E-state index in [1.165, 1.54) is 10.4 Å². The van der Waals surface area contributed by atoms with Crippen LogP contribution in [0.5, 0.6) is 0 Å². The SMILES string of the molecule is C[C@H]1COCCN1C(=O)[C@H]1CCc2c(sc3ncnc(Nc4cc5s[nH]c5cc4Cl)c23)C1. The Labute approximate surface area is 197 Å². The van der Waals surface area contributed by atoms with Gasteiger partial charge in [-0.3, -0.25) is 4.79 Å². The number of nitrogens with zero attached hydrogens (tertiary/aromatic N) is 3. The Hall–Kier alpha value is -2.20. The van der Waals surface area contributed by atoms with Gasteiger partial charge in [0.15, 0.2) is 0 Å². The third-order valence-corrected chi connectivity index (χ3v) is 8.79. The molecule has 6 rings (SSSR count). The lowest BCUT2D eigenvalue weighted by Crippen LogP contribution is -2.50. The number of rotatable bonds is 3. The van der Waals surface area contributed by atoms with E-state index in [1.54, 1.807) is 29.2 Å². The van der Waals surface area contributed by atoms with Crippen LogP contribution in [0.1, 0.15) is 23.8 Å². The van der Waals surface area contributed by atoms with Crippen molar-refractivity contribution in [2.45, 2.75) is 32.2 Å². The van der Waals surface area contributed by atoms with E-state index in [4.69, 9.17) is 16.3 Å². The van der Waals surface area contributed by atoms with E-state index in [9.17, 15) is 4.79 Å². The maximum absolute atomic E-state index is 13.2. The summed E-state index contributed by atoms with van der Waals surface area (Å²) in [6.45, 7) is 4.00. The maximum Gasteiger partial charge on any atom is 0.226 e. The fourth-order valence-electron chi connectivity index (χ4n) is 4.71. The monoisotopic (exact) mass is 487 g/mol. The number of fused-ring (bicyclic) bond motifs is 4. The first kappa shape index (κ1) is 20.4. The summed E-state index contributed by atoms with van der Waals surface area (Å²) in [5, 5.41) is 5.15. The highest BCUT2D eigenvalue weighted by Gasteiger charge is 2.34. The van der Waals surface area contributed by atoms with Crippen molar-refractivity contribution in [3.05, 3.63) is 33.9 Å². The molecule has 166 valence electrons. The molecular weight excluding hydrogens is 466 g/mol. The zero-order valence-electron chi connectivity index (χ0n) is 17.5. The van der Waals surface area contributed by atoms with E-state index in [2.05, 4.69) is 26.6 Å². The van der Waals surface area contributed by atoms with Crippen LogP contribution in [0.25, 0.3) is 20.4 Å². The normalized spacial score (nSPS) is 21.2. The van der Waals surface area contributed by atoms with Gasteiger partial charge in [0, 0.05) is 17.3 Å². The minimum Gasteiger partial charge on any atom is -0.377 e. The van der Waals surface area contributed by atoms with Crippen LogP contribution < -0.4 is 5.32 Å². The van der Waals surface area contributed by atoms with E-state index < -0.39 is 0 Å². The number of benzene rings is 1. The molecule has 0 saturated carbocycles. The first-order chi connectivity index (χ1) is 15.6. The number of amides is 1. The number of carbonyl (C=O) groups excluding carboxylic acids is 1. The zero-order valence-corrected chi connectivity index (χ0v) is 19.9. The quantitative estimate of drug-likeness (QED) is 0.425. The van der Waals surface area contributed by atoms with Gasteiger partial charge >= 0.3 is 0 Å². The molecule has 1 aromatic carbocycles. The van der Waals surface area contributed by atoms with Crippen LogP contribution >= 0.6 is 34.5 Å². The number of carbonyl (C=O) groups is 1. The number of hydrogen-bond acceptors (Lipinski definition) is 7. The summed E-state index contributed by atoms with van der Waals surface area (Å²) in [5.74, 6) is 1.05. The van der Waals surface area contributed by atoms with Crippen LogP contribution in [0.15, 0.2) is 18.5 Å².